The molecule has 1 aliphatic heterocycles. The van der Waals surface area contributed by atoms with Gasteiger partial charge in [0.1, 0.15) is 22.8 Å². The van der Waals surface area contributed by atoms with E-state index in [0.717, 1.165) is 11.1 Å². The van der Waals surface area contributed by atoms with E-state index < -0.39 is 11.5 Å². The van der Waals surface area contributed by atoms with Gasteiger partial charge >= 0.3 is 0 Å². The lowest BCUT2D eigenvalue weighted by Gasteiger charge is -2.34. The molecule has 0 aromatic heterocycles. The molecule has 1 aliphatic rings. The molecule has 2 atom stereocenters. The van der Waals surface area contributed by atoms with Gasteiger partial charge in [-0.15, -0.1) is 6.58 Å². The highest BCUT2D eigenvalue weighted by Gasteiger charge is 2.55. The molecule has 146 valence electrons. The minimum Gasteiger partial charge on any atom is -0.496 e. The number of benzene rings is 3. The summed E-state index contributed by atoms with van der Waals surface area (Å²) in [6.45, 7) is 4.04. The fourth-order valence-corrected chi connectivity index (χ4v) is 4.01. The van der Waals surface area contributed by atoms with Gasteiger partial charge in [-0.25, -0.2) is 0 Å². The number of methoxy groups -OCH3 is 2. The highest BCUT2D eigenvalue weighted by atomic mass is 16.5. The molecular formula is C25H22O4. The van der Waals surface area contributed by atoms with Crippen LogP contribution in [0.5, 0.6) is 17.2 Å². The summed E-state index contributed by atoms with van der Waals surface area (Å²) in [5.41, 5.74) is 0.834. The number of ketones is 1. The quantitative estimate of drug-likeness (QED) is 0.550. The number of fused-ring (bicyclic) bond motifs is 1. The molecule has 0 spiro atoms. The number of rotatable bonds is 6. The van der Waals surface area contributed by atoms with Crippen molar-refractivity contribution in [3.8, 4) is 17.2 Å². The predicted octanol–water partition coefficient (Wildman–Crippen LogP) is 5.14. The van der Waals surface area contributed by atoms with E-state index in [1.807, 2.05) is 60.7 Å². The van der Waals surface area contributed by atoms with Crippen LogP contribution in [0.2, 0.25) is 0 Å². The molecule has 0 radical (unpaired) electrons. The minimum atomic E-state index is -1.29. The molecule has 3 aromatic rings. The van der Waals surface area contributed by atoms with Crippen molar-refractivity contribution in [1.29, 1.82) is 0 Å². The van der Waals surface area contributed by atoms with Crippen LogP contribution in [-0.4, -0.2) is 20.0 Å². The van der Waals surface area contributed by atoms with Gasteiger partial charge in [0.05, 0.1) is 20.1 Å². The Balaban J connectivity index is 1.98. The smallest absolute Gasteiger partial charge is 0.219 e. The molecule has 0 aliphatic carbocycles. The standard InChI is InChI=1S/C25H22O4/c1-4-20(17-11-7-5-8-12-17)25(18-13-9-6-10-14-18)24(26)23-21(28-3)15-19(27-2)16-22(23)29-25/h4-16,20H,1H2,2-3H3/t20-,25-/m0/s1. The van der Waals surface area contributed by atoms with Crippen molar-refractivity contribution in [3.63, 3.8) is 0 Å². The van der Waals surface area contributed by atoms with Crippen LogP contribution in [0.25, 0.3) is 0 Å². The van der Waals surface area contributed by atoms with Crippen molar-refractivity contribution < 1.29 is 19.0 Å². The molecule has 29 heavy (non-hydrogen) atoms. The van der Waals surface area contributed by atoms with Crippen molar-refractivity contribution in [2.75, 3.05) is 14.2 Å². The normalized spacial score (nSPS) is 18.5. The molecule has 4 nitrogen and oxygen atoms in total. The third-order valence-electron chi connectivity index (χ3n) is 5.37. The number of hydrogen-bond acceptors (Lipinski definition) is 4. The van der Waals surface area contributed by atoms with Gasteiger partial charge in [-0.05, 0) is 5.56 Å². The number of ether oxygens (including phenoxy) is 3. The Bertz CT molecular complexity index is 1040. The Morgan fingerprint density at radius 2 is 1.62 bits per heavy atom. The Morgan fingerprint density at radius 3 is 2.21 bits per heavy atom. The van der Waals surface area contributed by atoms with Gasteiger partial charge in [-0.3, -0.25) is 4.79 Å². The SMILES string of the molecule is C=C[C@@H](c1ccccc1)[C@]1(c2ccccc2)Oc2cc(OC)cc(OC)c2C1=O. The van der Waals surface area contributed by atoms with E-state index in [2.05, 4.69) is 6.58 Å². The molecule has 0 fully saturated rings. The summed E-state index contributed by atoms with van der Waals surface area (Å²) >= 11 is 0. The molecule has 0 bridgehead atoms. The topological polar surface area (TPSA) is 44.8 Å². The molecule has 4 rings (SSSR count). The minimum absolute atomic E-state index is 0.160. The van der Waals surface area contributed by atoms with Crippen LogP contribution in [0.4, 0.5) is 0 Å². The first-order valence-electron chi connectivity index (χ1n) is 9.38. The van der Waals surface area contributed by atoms with Crippen LogP contribution in [0.3, 0.4) is 0 Å². The molecule has 1 heterocycles. The summed E-state index contributed by atoms with van der Waals surface area (Å²) in [5, 5.41) is 0. The van der Waals surface area contributed by atoms with Gasteiger partial charge in [0.25, 0.3) is 0 Å². The second-order valence-electron chi connectivity index (χ2n) is 6.86. The molecule has 3 aromatic carbocycles. The summed E-state index contributed by atoms with van der Waals surface area (Å²) in [4.78, 5) is 14.0. The Morgan fingerprint density at radius 1 is 0.966 bits per heavy atom. The van der Waals surface area contributed by atoms with Gasteiger partial charge in [0.2, 0.25) is 11.4 Å². The Kier molecular flexibility index (Phi) is 4.85. The summed E-state index contributed by atoms with van der Waals surface area (Å²) < 4.78 is 17.4. The van der Waals surface area contributed by atoms with Gasteiger partial charge in [0, 0.05) is 17.7 Å². The summed E-state index contributed by atoms with van der Waals surface area (Å²) in [6, 6.07) is 22.8. The van der Waals surface area contributed by atoms with Crippen LogP contribution < -0.4 is 14.2 Å². The maximum Gasteiger partial charge on any atom is 0.219 e. The van der Waals surface area contributed by atoms with Crippen molar-refractivity contribution >= 4 is 5.78 Å². The van der Waals surface area contributed by atoms with Crippen LogP contribution in [0.1, 0.15) is 27.4 Å². The van der Waals surface area contributed by atoms with Crippen molar-refractivity contribution in [1.82, 2.24) is 0 Å². The molecule has 0 saturated carbocycles. The Hall–Kier alpha value is -3.53. The largest absolute Gasteiger partial charge is 0.496 e. The highest BCUT2D eigenvalue weighted by molar-refractivity contribution is 6.11. The molecule has 0 unspecified atom stereocenters. The Labute approximate surface area is 170 Å². The first-order valence-corrected chi connectivity index (χ1v) is 9.38. The van der Waals surface area contributed by atoms with E-state index in [9.17, 15) is 4.79 Å². The maximum absolute atomic E-state index is 14.0. The van der Waals surface area contributed by atoms with Crippen LogP contribution in [0, 0.1) is 0 Å². The van der Waals surface area contributed by atoms with E-state index in [4.69, 9.17) is 14.2 Å². The lowest BCUT2D eigenvalue weighted by molar-refractivity contribution is 0.0486. The first kappa shape index (κ1) is 18.8. The fourth-order valence-electron chi connectivity index (χ4n) is 4.01. The predicted molar refractivity (Wildman–Crippen MR) is 112 cm³/mol. The molecular weight excluding hydrogens is 364 g/mol. The van der Waals surface area contributed by atoms with E-state index in [1.54, 1.807) is 25.3 Å². The second-order valence-corrected chi connectivity index (χ2v) is 6.86. The third kappa shape index (κ3) is 2.88. The van der Waals surface area contributed by atoms with Crippen molar-refractivity contribution in [2.24, 2.45) is 0 Å². The van der Waals surface area contributed by atoms with Crippen molar-refractivity contribution in [2.45, 2.75) is 11.5 Å². The number of Topliss-reactive ketones (excluding diaryl/α,β-unsaturated/α-hetero) is 1. The highest BCUT2D eigenvalue weighted by Crippen LogP contribution is 2.53. The average molecular weight is 386 g/mol. The van der Waals surface area contributed by atoms with Crippen LogP contribution in [-0.2, 0) is 5.60 Å². The zero-order valence-electron chi connectivity index (χ0n) is 16.4. The molecule has 0 N–H and O–H groups in total. The third-order valence-corrected chi connectivity index (χ3v) is 5.37. The van der Waals surface area contributed by atoms with Gasteiger partial charge in [0.15, 0.2) is 0 Å². The lowest BCUT2D eigenvalue weighted by atomic mass is 9.74. The summed E-state index contributed by atoms with van der Waals surface area (Å²) in [7, 11) is 3.10. The summed E-state index contributed by atoms with van der Waals surface area (Å²) in [5.74, 6) is 0.872. The zero-order chi connectivity index (χ0) is 20.4. The van der Waals surface area contributed by atoms with E-state index >= 15 is 0 Å². The lowest BCUT2D eigenvalue weighted by Crippen LogP contribution is -2.42. The monoisotopic (exact) mass is 386 g/mol. The number of carbonyl (C=O) groups is 1. The van der Waals surface area contributed by atoms with E-state index in [-0.39, 0.29) is 5.78 Å². The van der Waals surface area contributed by atoms with E-state index in [0.29, 0.717) is 22.8 Å². The number of hydrogen-bond donors (Lipinski definition) is 0. The van der Waals surface area contributed by atoms with Gasteiger partial charge in [-0.1, -0.05) is 66.7 Å². The first-order chi connectivity index (χ1) is 14.2. The molecule has 0 amide bonds. The van der Waals surface area contributed by atoms with Gasteiger partial charge in [-0.2, -0.15) is 0 Å². The van der Waals surface area contributed by atoms with Crippen LogP contribution in [0.15, 0.2) is 85.5 Å². The van der Waals surface area contributed by atoms with Crippen LogP contribution >= 0.6 is 0 Å². The number of carbonyl (C=O) groups excluding carboxylic acids is 1. The molecule has 0 saturated heterocycles. The zero-order valence-corrected chi connectivity index (χ0v) is 16.4. The maximum atomic E-state index is 14.0. The average Bonchev–Trinajstić information content (AvgIpc) is 3.08. The van der Waals surface area contributed by atoms with Crippen molar-refractivity contribution in [3.05, 3.63) is 102 Å². The van der Waals surface area contributed by atoms with E-state index in [1.165, 1.54) is 7.11 Å². The fraction of sp³-hybridized carbons (Fsp3) is 0.160. The summed E-state index contributed by atoms with van der Waals surface area (Å²) in [6.07, 6.45) is 1.77. The second kappa shape index (κ2) is 7.47. The van der Waals surface area contributed by atoms with Gasteiger partial charge < -0.3 is 14.2 Å². The molecule has 4 heteroatoms.